The van der Waals surface area contributed by atoms with Crippen molar-refractivity contribution in [3.8, 4) is 89.0 Å². The Balaban J connectivity index is 0.000000133. The Labute approximate surface area is 688 Å². The molecule has 0 unspecified atom stereocenters. The largest absolute Gasteiger partial charge is 0.456 e. The third-order valence-electron chi connectivity index (χ3n) is 25.3. The standard InChI is InChI=1S/2C58H34O2/c1-2-14-35(15-3-1)36-28-30-37(31-29-36)54-42-22-12-24-44(55-40-18-6-4-16-38(40)32-52-57(55)46-20-8-10-26-50(46)59-52)48(42)34-49-43(54)23-13-25-45(49)56-41-19-7-5-17-39(41)33-53-58(56)47-21-9-11-27-51(47)60-53;1-2-14-35(15-3-1)36-28-30-37(31-29-36)54-44-22-12-24-46(55-40-18-6-4-16-38(40)32-50-42-20-8-10-26-52(42)59-57(50)55)48(44)34-49-45(54)23-13-25-47(49)56-41-19-7-5-17-39(41)33-51-43-21-9-11-27-53(43)60-58(51)56/h2*1-34H. The van der Waals surface area contributed by atoms with Crippen LogP contribution >= 0.6 is 0 Å². The van der Waals surface area contributed by atoms with Crippen molar-refractivity contribution in [1.82, 2.24) is 0 Å². The van der Waals surface area contributed by atoms with Crippen molar-refractivity contribution in [2.45, 2.75) is 0 Å². The molecule has 0 fully saturated rings. The lowest BCUT2D eigenvalue weighted by atomic mass is 9.83. The van der Waals surface area contributed by atoms with Crippen LogP contribution in [0, 0.1) is 0 Å². The Kier molecular flexibility index (Phi) is 15.1. The Morgan fingerprint density at radius 2 is 0.383 bits per heavy atom. The van der Waals surface area contributed by atoms with Crippen LogP contribution in [0.25, 0.3) is 263 Å². The lowest BCUT2D eigenvalue weighted by Gasteiger charge is -2.19. The molecule has 4 heterocycles. The minimum absolute atomic E-state index is 0.891. The first-order valence-electron chi connectivity index (χ1n) is 41.2. The Hall–Kier alpha value is -15.9. The van der Waals surface area contributed by atoms with Crippen LogP contribution in [0.1, 0.15) is 0 Å². The highest BCUT2D eigenvalue weighted by Gasteiger charge is 2.28. The molecule has 0 saturated carbocycles. The van der Waals surface area contributed by atoms with Crippen molar-refractivity contribution in [1.29, 1.82) is 0 Å². The molecule has 26 rings (SSSR count). The fourth-order valence-corrected chi connectivity index (χ4v) is 20.0. The van der Waals surface area contributed by atoms with Gasteiger partial charge in [0.25, 0.3) is 0 Å². The van der Waals surface area contributed by atoms with Crippen LogP contribution in [0.2, 0.25) is 0 Å². The Bertz CT molecular complexity index is 8340. The van der Waals surface area contributed by atoms with E-state index < -0.39 is 0 Å². The molecule has 0 spiro atoms. The zero-order valence-electron chi connectivity index (χ0n) is 64.9. The third-order valence-corrected chi connectivity index (χ3v) is 25.3. The second kappa shape index (κ2) is 26.9. The molecule has 0 amide bonds. The van der Waals surface area contributed by atoms with Gasteiger partial charge in [0.05, 0.1) is 0 Å². The Morgan fingerprint density at radius 3 is 0.742 bits per heavy atom. The Morgan fingerprint density at radius 1 is 0.125 bits per heavy atom. The van der Waals surface area contributed by atoms with Crippen molar-refractivity contribution in [2.24, 2.45) is 0 Å². The van der Waals surface area contributed by atoms with Gasteiger partial charge >= 0.3 is 0 Å². The van der Waals surface area contributed by atoms with E-state index in [4.69, 9.17) is 17.7 Å². The molecule has 120 heavy (non-hydrogen) atoms. The summed E-state index contributed by atoms with van der Waals surface area (Å²) in [4.78, 5) is 0. The van der Waals surface area contributed by atoms with E-state index in [1.807, 2.05) is 0 Å². The van der Waals surface area contributed by atoms with Gasteiger partial charge in [0.15, 0.2) is 0 Å². The van der Waals surface area contributed by atoms with E-state index in [-0.39, 0.29) is 0 Å². The summed E-state index contributed by atoms with van der Waals surface area (Å²) >= 11 is 0. The number of furan rings is 4. The molecule has 26 aromatic rings. The van der Waals surface area contributed by atoms with Gasteiger partial charge in [-0.25, -0.2) is 0 Å². The van der Waals surface area contributed by atoms with Crippen LogP contribution < -0.4 is 0 Å². The van der Waals surface area contributed by atoms with Gasteiger partial charge in [0, 0.05) is 65.3 Å². The molecule has 0 radical (unpaired) electrons. The summed E-state index contributed by atoms with van der Waals surface area (Å²) in [5.74, 6) is 0. The second-order valence-electron chi connectivity index (χ2n) is 31.8. The normalized spacial score (nSPS) is 12.0. The quantitative estimate of drug-likeness (QED) is 0.142. The molecule has 0 aliphatic carbocycles. The molecule has 0 aliphatic heterocycles. The summed E-state index contributed by atoms with van der Waals surface area (Å²) in [7, 11) is 0. The molecule has 22 aromatic carbocycles. The van der Waals surface area contributed by atoms with Crippen molar-refractivity contribution in [3.05, 3.63) is 413 Å². The fourth-order valence-electron chi connectivity index (χ4n) is 20.0. The summed E-state index contributed by atoms with van der Waals surface area (Å²) in [6.07, 6.45) is 0. The zero-order chi connectivity index (χ0) is 78.6. The maximum Gasteiger partial charge on any atom is 0.143 e. The van der Waals surface area contributed by atoms with E-state index in [0.29, 0.717) is 0 Å². The van der Waals surface area contributed by atoms with Crippen molar-refractivity contribution >= 4 is 174 Å². The number of hydrogen-bond acceptors (Lipinski definition) is 4. The number of hydrogen-bond donors (Lipinski definition) is 0. The first kappa shape index (κ1) is 67.5. The van der Waals surface area contributed by atoms with Crippen LogP contribution in [-0.4, -0.2) is 0 Å². The first-order chi connectivity index (χ1) is 59.5. The zero-order valence-corrected chi connectivity index (χ0v) is 64.9. The monoisotopic (exact) mass is 1520 g/mol. The smallest absolute Gasteiger partial charge is 0.143 e. The fraction of sp³-hybridized carbons (Fsp3) is 0. The van der Waals surface area contributed by atoms with Gasteiger partial charge in [-0.1, -0.05) is 352 Å². The summed E-state index contributed by atoms with van der Waals surface area (Å²) in [5, 5.41) is 27.9. The first-order valence-corrected chi connectivity index (χ1v) is 41.2. The summed E-state index contributed by atoms with van der Waals surface area (Å²) < 4.78 is 27.0. The molecule has 4 aromatic heterocycles. The van der Waals surface area contributed by atoms with E-state index in [0.717, 1.165) is 137 Å². The molecular weight excluding hydrogens is 1460 g/mol. The summed E-state index contributed by atoms with van der Waals surface area (Å²) in [5.41, 5.74) is 25.9. The predicted octanol–water partition coefficient (Wildman–Crippen LogP) is 33.5. The lowest BCUT2D eigenvalue weighted by molar-refractivity contribution is 0.669. The molecule has 0 atom stereocenters. The maximum atomic E-state index is 6.86. The molecule has 556 valence electrons. The highest BCUT2D eigenvalue weighted by Crippen LogP contribution is 2.54. The molecule has 0 bridgehead atoms. The minimum atomic E-state index is 0.891. The van der Waals surface area contributed by atoms with Gasteiger partial charge in [0.2, 0.25) is 0 Å². The summed E-state index contributed by atoms with van der Waals surface area (Å²) in [6, 6.07) is 149. The number of fused-ring (bicyclic) bond motifs is 20. The van der Waals surface area contributed by atoms with Crippen LogP contribution in [0.5, 0.6) is 0 Å². The van der Waals surface area contributed by atoms with Crippen LogP contribution in [0.3, 0.4) is 0 Å². The van der Waals surface area contributed by atoms with Crippen molar-refractivity contribution in [2.75, 3.05) is 0 Å². The van der Waals surface area contributed by atoms with Crippen molar-refractivity contribution < 1.29 is 17.7 Å². The van der Waals surface area contributed by atoms with Gasteiger partial charge in [-0.3, -0.25) is 0 Å². The molecule has 4 heteroatoms. The van der Waals surface area contributed by atoms with E-state index in [2.05, 4.69) is 413 Å². The average molecular weight is 1530 g/mol. The predicted molar refractivity (Wildman–Crippen MR) is 506 cm³/mol. The van der Waals surface area contributed by atoms with Crippen molar-refractivity contribution in [3.63, 3.8) is 0 Å². The lowest BCUT2D eigenvalue weighted by Crippen LogP contribution is -1.92. The van der Waals surface area contributed by atoms with Crippen LogP contribution in [0.15, 0.2) is 430 Å². The van der Waals surface area contributed by atoms with E-state index >= 15 is 0 Å². The van der Waals surface area contributed by atoms with E-state index in [1.165, 1.54) is 126 Å². The van der Waals surface area contributed by atoms with Gasteiger partial charge in [-0.15, -0.1) is 0 Å². The molecule has 4 nitrogen and oxygen atoms in total. The SMILES string of the molecule is c1ccc(-c2ccc(-c3c4cccc(-c5c6ccccc6cc6c5oc5ccccc56)c4cc4c(-c5c6ccccc6cc6c5oc5ccccc56)cccc34)cc2)cc1.c1ccc(-c2ccc(-c3c4cccc(-c5c6ccccc6cc6oc7ccccc7c56)c4cc4c(-c5c6ccccc6cc6oc7ccccc7c56)cccc34)cc2)cc1. The molecule has 0 aliphatic rings. The molecule has 0 N–H and O–H groups in total. The van der Waals surface area contributed by atoms with Gasteiger partial charge in [-0.2, -0.15) is 0 Å². The van der Waals surface area contributed by atoms with Gasteiger partial charge < -0.3 is 17.7 Å². The molecule has 0 saturated heterocycles. The average Bonchev–Trinajstić information content (AvgIpc) is 1.01. The highest BCUT2D eigenvalue weighted by atomic mass is 16.3. The second-order valence-corrected chi connectivity index (χ2v) is 31.8. The van der Waals surface area contributed by atoms with Crippen LogP contribution in [0.4, 0.5) is 0 Å². The highest BCUT2D eigenvalue weighted by molar-refractivity contribution is 6.31. The minimum Gasteiger partial charge on any atom is -0.456 e. The number of para-hydroxylation sites is 4. The van der Waals surface area contributed by atoms with Gasteiger partial charge in [-0.05, 0) is 214 Å². The maximum absolute atomic E-state index is 6.86. The van der Waals surface area contributed by atoms with E-state index in [9.17, 15) is 0 Å². The van der Waals surface area contributed by atoms with Gasteiger partial charge in [0.1, 0.15) is 44.7 Å². The van der Waals surface area contributed by atoms with E-state index in [1.54, 1.807) is 0 Å². The topological polar surface area (TPSA) is 52.6 Å². The third kappa shape index (κ3) is 10.4. The molecular formula is C116H68O4. The summed E-state index contributed by atoms with van der Waals surface area (Å²) in [6.45, 7) is 0. The number of benzene rings is 22. The van der Waals surface area contributed by atoms with Crippen LogP contribution in [-0.2, 0) is 0 Å². The number of rotatable bonds is 8.